The summed E-state index contributed by atoms with van der Waals surface area (Å²) in [7, 11) is 0. The molecule has 1 rings (SSSR count). The van der Waals surface area contributed by atoms with Crippen LogP contribution in [0.4, 0.5) is 4.39 Å². The van der Waals surface area contributed by atoms with Crippen molar-refractivity contribution >= 4 is 23.0 Å². The molecule has 0 N–H and O–H groups in total. The van der Waals surface area contributed by atoms with E-state index in [0.717, 1.165) is 5.56 Å². The Morgan fingerprint density at radius 3 is 2.90 bits per heavy atom. The largest absolute Gasteiger partial charge is 0.311 e. The molecule has 0 unspecified atom stereocenters. The fourth-order valence-corrected chi connectivity index (χ4v) is 1.05. The predicted molar refractivity (Wildman–Crippen MR) is 45.2 cm³/mol. The lowest BCUT2D eigenvalue weighted by molar-refractivity contribution is 0.416. The second kappa shape index (κ2) is 3.88. The maximum atomic E-state index is 12.4. The van der Waals surface area contributed by atoms with Crippen molar-refractivity contribution in [3.63, 3.8) is 0 Å². The lowest BCUT2D eigenvalue weighted by Gasteiger charge is -1.95. The van der Waals surface area contributed by atoms with Gasteiger partial charge in [-0.25, -0.2) is 4.39 Å². The Morgan fingerprint density at radius 1 is 1.50 bits per heavy atom. The third-order valence-electron chi connectivity index (χ3n) is 1.11. The van der Waals surface area contributed by atoms with E-state index in [9.17, 15) is 4.39 Å². The normalized spacial score (nSPS) is 9.80. The van der Waals surface area contributed by atoms with Crippen LogP contribution in [0.2, 0.25) is 0 Å². The maximum Gasteiger partial charge on any atom is 0.123 e. The predicted octanol–water partition coefficient (Wildman–Crippen LogP) is 2.69. The van der Waals surface area contributed by atoms with Gasteiger partial charge < -0.3 is 3.07 Å². The number of benzene rings is 1. The van der Waals surface area contributed by atoms with Crippen LogP contribution in [-0.4, -0.2) is 0 Å². The molecule has 0 saturated heterocycles. The molecule has 0 spiro atoms. The van der Waals surface area contributed by atoms with E-state index in [1.165, 1.54) is 12.1 Å². The first-order chi connectivity index (χ1) is 4.83. The number of hydrogen-bond donors (Lipinski definition) is 0. The highest BCUT2D eigenvalue weighted by molar-refractivity contribution is 14.1. The summed E-state index contributed by atoms with van der Waals surface area (Å²) < 4.78 is 17.2. The van der Waals surface area contributed by atoms with Gasteiger partial charge in [-0.1, -0.05) is 12.1 Å². The van der Waals surface area contributed by atoms with E-state index in [1.54, 1.807) is 29.1 Å². The molecule has 0 radical (unpaired) electrons. The Kier molecular flexibility index (Phi) is 3.08. The van der Waals surface area contributed by atoms with Gasteiger partial charge in [0, 0.05) is 0 Å². The van der Waals surface area contributed by atoms with Crippen molar-refractivity contribution in [2.24, 2.45) is 0 Å². The fraction of sp³-hybridized carbons (Fsp3) is 0.143. The summed E-state index contributed by atoms with van der Waals surface area (Å²) in [5, 5.41) is 0. The van der Waals surface area contributed by atoms with E-state index >= 15 is 0 Å². The molecular formula is C7H6FIO. The van der Waals surface area contributed by atoms with Crippen LogP contribution in [0.3, 0.4) is 0 Å². The summed E-state index contributed by atoms with van der Waals surface area (Å²) >= 11 is 1.78. The molecule has 0 atom stereocenters. The van der Waals surface area contributed by atoms with Gasteiger partial charge >= 0.3 is 0 Å². The summed E-state index contributed by atoms with van der Waals surface area (Å²) in [5.41, 5.74) is 0.856. The van der Waals surface area contributed by atoms with Gasteiger partial charge in [-0.2, -0.15) is 0 Å². The SMILES string of the molecule is Fc1cccc(COI)c1. The summed E-state index contributed by atoms with van der Waals surface area (Å²) in [6, 6.07) is 6.36. The molecule has 54 valence electrons. The number of hydrogen-bond acceptors (Lipinski definition) is 1. The van der Waals surface area contributed by atoms with Gasteiger partial charge in [0.25, 0.3) is 0 Å². The van der Waals surface area contributed by atoms with E-state index in [0.29, 0.717) is 6.61 Å². The van der Waals surface area contributed by atoms with Crippen molar-refractivity contribution in [3.05, 3.63) is 35.6 Å². The van der Waals surface area contributed by atoms with Crippen LogP contribution in [-0.2, 0) is 9.67 Å². The van der Waals surface area contributed by atoms with Crippen molar-refractivity contribution in [1.29, 1.82) is 0 Å². The molecule has 0 aliphatic heterocycles. The zero-order chi connectivity index (χ0) is 7.40. The van der Waals surface area contributed by atoms with E-state index in [4.69, 9.17) is 3.07 Å². The standard InChI is InChI=1S/C7H6FIO/c8-7-3-1-2-6(4-7)5-10-9/h1-4H,5H2. The smallest absolute Gasteiger partial charge is 0.123 e. The van der Waals surface area contributed by atoms with Gasteiger partial charge in [0.1, 0.15) is 28.8 Å². The van der Waals surface area contributed by atoms with Gasteiger partial charge in [0.05, 0.1) is 6.61 Å². The maximum absolute atomic E-state index is 12.4. The third-order valence-corrected chi connectivity index (χ3v) is 1.42. The lowest BCUT2D eigenvalue weighted by atomic mass is 10.2. The molecule has 0 saturated carbocycles. The topological polar surface area (TPSA) is 9.23 Å². The van der Waals surface area contributed by atoms with Crippen molar-refractivity contribution in [1.82, 2.24) is 0 Å². The summed E-state index contributed by atoms with van der Waals surface area (Å²) in [5.74, 6) is -0.217. The molecule has 1 aromatic rings. The molecule has 0 aromatic heterocycles. The highest BCUT2D eigenvalue weighted by atomic mass is 127. The van der Waals surface area contributed by atoms with Crippen LogP contribution in [0.15, 0.2) is 24.3 Å². The van der Waals surface area contributed by atoms with Crippen LogP contribution in [0.5, 0.6) is 0 Å². The Morgan fingerprint density at radius 2 is 2.30 bits per heavy atom. The summed E-state index contributed by atoms with van der Waals surface area (Å²) in [4.78, 5) is 0. The second-order valence-corrected chi connectivity index (χ2v) is 2.51. The minimum absolute atomic E-state index is 0.217. The van der Waals surface area contributed by atoms with Crippen LogP contribution >= 0.6 is 23.0 Å². The molecule has 0 fully saturated rings. The lowest BCUT2D eigenvalue weighted by Crippen LogP contribution is -1.83. The first-order valence-electron chi connectivity index (χ1n) is 2.81. The molecular weight excluding hydrogens is 246 g/mol. The molecule has 0 aliphatic carbocycles. The third kappa shape index (κ3) is 2.22. The second-order valence-electron chi connectivity index (χ2n) is 1.88. The van der Waals surface area contributed by atoms with Crippen LogP contribution in [0, 0.1) is 5.82 Å². The van der Waals surface area contributed by atoms with Gasteiger partial charge in [-0.05, 0) is 17.7 Å². The van der Waals surface area contributed by atoms with Gasteiger partial charge in [0.2, 0.25) is 0 Å². The summed E-state index contributed by atoms with van der Waals surface area (Å²) in [6.07, 6.45) is 0. The molecule has 1 aromatic carbocycles. The average Bonchev–Trinajstić information content (AvgIpc) is 1.88. The zero-order valence-electron chi connectivity index (χ0n) is 5.18. The first-order valence-corrected chi connectivity index (χ1v) is 3.69. The van der Waals surface area contributed by atoms with Crippen molar-refractivity contribution in [2.45, 2.75) is 6.61 Å². The number of rotatable bonds is 2. The van der Waals surface area contributed by atoms with Gasteiger partial charge in [0.15, 0.2) is 0 Å². The highest BCUT2D eigenvalue weighted by Crippen LogP contribution is 2.05. The van der Waals surface area contributed by atoms with Crippen LogP contribution < -0.4 is 0 Å². The first kappa shape index (κ1) is 7.94. The van der Waals surface area contributed by atoms with Crippen molar-refractivity contribution < 1.29 is 7.46 Å². The molecule has 0 bridgehead atoms. The molecule has 3 heteroatoms. The van der Waals surface area contributed by atoms with Gasteiger partial charge in [-0.3, -0.25) is 0 Å². The molecule has 1 nitrogen and oxygen atoms in total. The number of halogens is 2. The Labute approximate surface area is 72.9 Å². The molecule has 0 heterocycles. The fourth-order valence-electron chi connectivity index (χ4n) is 0.690. The average molecular weight is 252 g/mol. The van der Waals surface area contributed by atoms with E-state index in [-0.39, 0.29) is 5.82 Å². The molecule has 0 aliphatic rings. The summed E-state index contributed by atoms with van der Waals surface area (Å²) in [6.45, 7) is 0.457. The van der Waals surface area contributed by atoms with Gasteiger partial charge in [-0.15, -0.1) is 0 Å². The van der Waals surface area contributed by atoms with Crippen LogP contribution in [0.25, 0.3) is 0 Å². The highest BCUT2D eigenvalue weighted by Gasteiger charge is 1.92. The Hall–Kier alpha value is -0.160. The minimum Gasteiger partial charge on any atom is -0.311 e. The minimum atomic E-state index is -0.217. The van der Waals surface area contributed by atoms with E-state index < -0.39 is 0 Å². The Bertz CT molecular complexity index is 215. The quantitative estimate of drug-likeness (QED) is 0.735. The van der Waals surface area contributed by atoms with E-state index in [2.05, 4.69) is 0 Å². The van der Waals surface area contributed by atoms with E-state index in [1.807, 2.05) is 6.07 Å². The van der Waals surface area contributed by atoms with Crippen LogP contribution in [0.1, 0.15) is 5.56 Å². The zero-order valence-corrected chi connectivity index (χ0v) is 7.34. The van der Waals surface area contributed by atoms with Crippen molar-refractivity contribution in [2.75, 3.05) is 0 Å². The molecule has 0 amide bonds. The monoisotopic (exact) mass is 252 g/mol. The molecule has 10 heavy (non-hydrogen) atoms. The van der Waals surface area contributed by atoms with Crippen molar-refractivity contribution in [3.8, 4) is 0 Å². The Balaban J connectivity index is 2.75.